The highest BCUT2D eigenvalue weighted by Crippen LogP contribution is 2.52. The zero-order valence-electron chi connectivity index (χ0n) is 20.0. The number of nitro groups is 1. The van der Waals surface area contributed by atoms with Crippen molar-refractivity contribution in [3.05, 3.63) is 80.9 Å². The molecule has 34 heavy (non-hydrogen) atoms. The van der Waals surface area contributed by atoms with Crippen molar-refractivity contribution in [2.24, 2.45) is 0 Å². The van der Waals surface area contributed by atoms with Crippen molar-refractivity contribution in [3.8, 4) is 0 Å². The Hall–Kier alpha value is -3.48. The van der Waals surface area contributed by atoms with Gasteiger partial charge < -0.3 is 9.47 Å². The summed E-state index contributed by atoms with van der Waals surface area (Å²) < 4.78 is 11.0. The maximum atomic E-state index is 13.6. The van der Waals surface area contributed by atoms with Crippen LogP contribution in [0.15, 0.2) is 54.1 Å². The van der Waals surface area contributed by atoms with Crippen molar-refractivity contribution in [2.45, 2.75) is 58.3 Å². The summed E-state index contributed by atoms with van der Waals surface area (Å²) >= 11 is 0. The summed E-state index contributed by atoms with van der Waals surface area (Å²) in [5, 5.41) is 11.2. The van der Waals surface area contributed by atoms with Gasteiger partial charge in [0.2, 0.25) is 5.41 Å². The van der Waals surface area contributed by atoms with E-state index in [0.29, 0.717) is 23.1 Å². The Morgan fingerprint density at radius 1 is 0.882 bits per heavy atom. The molecule has 3 rings (SSSR count). The third-order valence-corrected chi connectivity index (χ3v) is 6.17. The highest BCUT2D eigenvalue weighted by atomic mass is 16.6. The second-order valence-electron chi connectivity index (χ2n) is 8.20. The van der Waals surface area contributed by atoms with E-state index >= 15 is 0 Å². The number of nitrogens with zero attached hydrogens (tertiary/aromatic N) is 1. The first kappa shape index (κ1) is 25.1. The van der Waals surface area contributed by atoms with Crippen LogP contribution in [0.1, 0.15) is 69.6 Å². The van der Waals surface area contributed by atoms with E-state index in [0.717, 1.165) is 36.8 Å². The normalized spacial score (nSPS) is 14.0. The summed E-state index contributed by atoms with van der Waals surface area (Å²) in [7, 11) is 0. The number of carbonyl (C=O) groups excluding carboxylic acids is 2. The van der Waals surface area contributed by atoms with Gasteiger partial charge in [0.05, 0.1) is 18.1 Å². The molecule has 0 radical (unpaired) electrons. The van der Waals surface area contributed by atoms with Crippen LogP contribution in [-0.2, 0) is 24.5 Å². The Labute approximate surface area is 199 Å². The first-order valence-corrected chi connectivity index (χ1v) is 11.9. The molecule has 0 unspecified atom stereocenters. The van der Waals surface area contributed by atoms with E-state index in [1.807, 2.05) is 12.1 Å². The van der Waals surface area contributed by atoms with Crippen LogP contribution in [-0.4, -0.2) is 30.1 Å². The molecule has 7 nitrogen and oxygen atoms in total. The van der Waals surface area contributed by atoms with Crippen molar-refractivity contribution in [2.75, 3.05) is 13.2 Å². The standard InChI is InChI=1S/C27H31NO6/c1-4-7-8-9-14-23-24(19-15-17-20(18-16-19)28(31)32)21-12-10-11-13-22(21)27(23,25(29)33-5-2)26(30)34-6-3/h10-13,15-18H,4-9,14H2,1-3H3. The number of hydrogen-bond acceptors (Lipinski definition) is 6. The van der Waals surface area contributed by atoms with Gasteiger partial charge >= 0.3 is 11.9 Å². The largest absolute Gasteiger partial charge is 0.465 e. The van der Waals surface area contributed by atoms with Crippen LogP contribution in [0.25, 0.3) is 5.57 Å². The molecule has 0 atom stereocenters. The lowest BCUT2D eigenvalue weighted by Gasteiger charge is -2.29. The summed E-state index contributed by atoms with van der Waals surface area (Å²) in [5.41, 5.74) is 1.62. The molecule has 2 aromatic carbocycles. The summed E-state index contributed by atoms with van der Waals surface area (Å²) in [6, 6.07) is 13.5. The van der Waals surface area contributed by atoms with Crippen molar-refractivity contribution >= 4 is 23.2 Å². The Morgan fingerprint density at radius 2 is 1.50 bits per heavy atom. The van der Waals surface area contributed by atoms with Crippen molar-refractivity contribution in [3.63, 3.8) is 0 Å². The van der Waals surface area contributed by atoms with Crippen LogP contribution in [0.3, 0.4) is 0 Å². The van der Waals surface area contributed by atoms with Gasteiger partial charge in [-0.3, -0.25) is 19.7 Å². The monoisotopic (exact) mass is 465 g/mol. The van der Waals surface area contributed by atoms with E-state index in [-0.39, 0.29) is 18.9 Å². The lowest BCUT2D eigenvalue weighted by molar-refractivity contribution is -0.384. The summed E-state index contributed by atoms with van der Waals surface area (Å²) in [6.45, 7) is 5.78. The number of ether oxygens (including phenoxy) is 2. The SMILES string of the molecule is CCCCCCC1=C(c2ccc([N+](=O)[O-])cc2)c2ccccc2C1(C(=O)OCC)C(=O)OCC. The number of carbonyl (C=O) groups is 2. The van der Waals surface area contributed by atoms with Gasteiger partial charge in [-0.15, -0.1) is 0 Å². The minimum absolute atomic E-state index is 0.0258. The van der Waals surface area contributed by atoms with Gasteiger partial charge in [0.1, 0.15) is 0 Å². The Kier molecular flexibility index (Phi) is 8.21. The topological polar surface area (TPSA) is 95.7 Å². The molecule has 0 aromatic heterocycles. The van der Waals surface area contributed by atoms with Crippen molar-refractivity contribution in [1.29, 1.82) is 0 Å². The Balaban J connectivity index is 2.31. The summed E-state index contributed by atoms with van der Waals surface area (Å²) in [5.74, 6) is -1.30. The van der Waals surface area contributed by atoms with E-state index in [1.165, 1.54) is 12.1 Å². The van der Waals surface area contributed by atoms with Crippen molar-refractivity contribution < 1.29 is 24.0 Å². The average molecular weight is 466 g/mol. The fourth-order valence-electron chi connectivity index (χ4n) is 4.69. The second-order valence-corrected chi connectivity index (χ2v) is 8.20. The van der Waals surface area contributed by atoms with Crippen molar-refractivity contribution in [1.82, 2.24) is 0 Å². The molecule has 0 saturated carbocycles. The van der Waals surface area contributed by atoms with E-state index < -0.39 is 22.3 Å². The van der Waals surface area contributed by atoms with Gasteiger partial charge in [-0.1, -0.05) is 50.5 Å². The smallest absolute Gasteiger partial charge is 0.332 e. The number of fused-ring (bicyclic) bond motifs is 1. The molecule has 0 saturated heterocycles. The second kappa shape index (κ2) is 11.1. The van der Waals surface area contributed by atoms with Crippen LogP contribution in [0.5, 0.6) is 0 Å². The summed E-state index contributed by atoms with van der Waals surface area (Å²) in [6.07, 6.45) is 4.33. The molecular formula is C27H31NO6. The van der Waals surface area contributed by atoms with E-state index in [4.69, 9.17) is 9.47 Å². The molecule has 1 aliphatic rings. The lowest BCUT2D eigenvalue weighted by Crippen LogP contribution is -2.46. The number of non-ortho nitro benzene ring substituents is 1. The molecule has 7 heteroatoms. The van der Waals surface area contributed by atoms with E-state index in [9.17, 15) is 19.7 Å². The Bertz CT molecular complexity index is 1070. The van der Waals surface area contributed by atoms with Gasteiger partial charge in [0.15, 0.2) is 0 Å². The molecule has 0 heterocycles. The number of hydrogen-bond donors (Lipinski definition) is 0. The predicted molar refractivity (Wildman–Crippen MR) is 129 cm³/mol. The number of nitro benzene ring substituents is 1. The third kappa shape index (κ3) is 4.47. The molecule has 0 amide bonds. The van der Waals surface area contributed by atoms with Crippen LogP contribution in [0.2, 0.25) is 0 Å². The highest BCUT2D eigenvalue weighted by Gasteiger charge is 2.58. The van der Waals surface area contributed by atoms with E-state index in [2.05, 4.69) is 6.92 Å². The number of esters is 2. The minimum atomic E-state index is -1.70. The molecule has 0 aliphatic heterocycles. The van der Waals surface area contributed by atoms with Crippen LogP contribution in [0, 0.1) is 10.1 Å². The van der Waals surface area contributed by atoms with E-state index in [1.54, 1.807) is 38.1 Å². The molecule has 180 valence electrons. The van der Waals surface area contributed by atoms with Crippen LogP contribution >= 0.6 is 0 Å². The van der Waals surface area contributed by atoms with Gasteiger partial charge in [0.25, 0.3) is 5.69 Å². The third-order valence-electron chi connectivity index (χ3n) is 6.17. The number of benzene rings is 2. The quantitative estimate of drug-likeness (QED) is 0.138. The maximum absolute atomic E-state index is 13.6. The fraction of sp³-hybridized carbons (Fsp3) is 0.407. The number of rotatable bonds is 11. The average Bonchev–Trinajstić information content (AvgIpc) is 3.13. The predicted octanol–water partition coefficient (Wildman–Crippen LogP) is 5.74. The first-order valence-electron chi connectivity index (χ1n) is 11.9. The molecular weight excluding hydrogens is 434 g/mol. The number of unbranched alkanes of at least 4 members (excludes halogenated alkanes) is 3. The fourth-order valence-corrected chi connectivity index (χ4v) is 4.69. The van der Waals surface area contributed by atoms with Crippen LogP contribution < -0.4 is 0 Å². The van der Waals surface area contributed by atoms with Gasteiger partial charge in [0, 0.05) is 12.1 Å². The van der Waals surface area contributed by atoms with Gasteiger partial charge in [-0.25, -0.2) is 0 Å². The van der Waals surface area contributed by atoms with Gasteiger partial charge in [-0.05, 0) is 66.7 Å². The molecule has 0 bridgehead atoms. The first-order chi connectivity index (χ1) is 16.4. The highest BCUT2D eigenvalue weighted by molar-refractivity contribution is 6.16. The molecule has 0 N–H and O–H groups in total. The van der Waals surface area contributed by atoms with Crippen LogP contribution in [0.4, 0.5) is 5.69 Å². The molecule has 2 aromatic rings. The molecule has 0 fully saturated rings. The molecule has 1 aliphatic carbocycles. The summed E-state index contributed by atoms with van der Waals surface area (Å²) in [4.78, 5) is 38.0. The lowest BCUT2D eigenvalue weighted by atomic mass is 9.75. The minimum Gasteiger partial charge on any atom is -0.465 e. The molecule has 0 spiro atoms. The zero-order valence-corrected chi connectivity index (χ0v) is 20.0. The Morgan fingerprint density at radius 3 is 2.06 bits per heavy atom. The maximum Gasteiger partial charge on any atom is 0.332 e. The van der Waals surface area contributed by atoms with Gasteiger partial charge in [-0.2, -0.15) is 0 Å². The zero-order chi connectivity index (χ0) is 24.7.